The van der Waals surface area contributed by atoms with Crippen molar-refractivity contribution in [1.29, 1.82) is 0 Å². The Morgan fingerprint density at radius 2 is 1.71 bits per heavy atom. The van der Waals surface area contributed by atoms with Gasteiger partial charge in [0.15, 0.2) is 0 Å². The van der Waals surface area contributed by atoms with Gasteiger partial charge >= 0.3 is 0 Å². The summed E-state index contributed by atoms with van der Waals surface area (Å²) in [5.41, 5.74) is 6.31. The molecule has 0 spiro atoms. The van der Waals surface area contributed by atoms with E-state index in [1.54, 1.807) is 11.3 Å². The average molecular weight is 537 g/mol. The molecule has 0 bridgehead atoms. The van der Waals surface area contributed by atoms with Crippen LogP contribution in [0.4, 0.5) is 0 Å². The summed E-state index contributed by atoms with van der Waals surface area (Å²) in [6.45, 7) is 3.35. The van der Waals surface area contributed by atoms with E-state index in [4.69, 9.17) is 4.98 Å². The summed E-state index contributed by atoms with van der Waals surface area (Å²) in [4.78, 5) is 16.3. The van der Waals surface area contributed by atoms with Gasteiger partial charge in [-0.3, -0.25) is 14.9 Å². The van der Waals surface area contributed by atoms with Crippen LogP contribution in [-0.4, -0.2) is 19.9 Å². The van der Waals surface area contributed by atoms with Crippen molar-refractivity contribution in [3.8, 4) is 0 Å². The molecule has 0 fully saturated rings. The third kappa shape index (κ3) is 6.36. The Kier molecular flexibility index (Phi) is 8.93. The molecule has 4 aromatic rings. The summed E-state index contributed by atoms with van der Waals surface area (Å²) in [5, 5.41) is 6.71. The molecular formula is C27H30BrN5S. The van der Waals surface area contributed by atoms with Crippen LogP contribution in [0.25, 0.3) is 0 Å². The van der Waals surface area contributed by atoms with E-state index in [0.29, 0.717) is 6.04 Å². The molecule has 0 saturated carbocycles. The molecule has 34 heavy (non-hydrogen) atoms. The van der Waals surface area contributed by atoms with Gasteiger partial charge in [0.1, 0.15) is 5.01 Å². The van der Waals surface area contributed by atoms with Crippen LogP contribution < -0.4 is 5.32 Å². The van der Waals surface area contributed by atoms with Crippen molar-refractivity contribution in [3.63, 3.8) is 0 Å². The Morgan fingerprint density at radius 3 is 2.50 bits per heavy atom. The predicted molar refractivity (Wildman–Crippen MR) is 143 cm³/mol. The smallest absolute Gasteiger partial charge is 0.107 e. The summed E-state index contributed by atoms with van der Waals surface area (Å²) >= 11 is 1.73. The molecule has 1 atom stereocenters. The van der Waals surface area contributed by atoms with Gasteiger partial charge in [-0.1, -0.05) is 36.4 Å². The number of rotatable bonds is 9. The molecule has 3 heterocycles. The van der Waals surface area contributed by atoms with Crippen molar-refractivity contribution in [2.75, 3.05) is 0 Å². The maximum Gasteiger partial charge on any atom is 0.107 e. The summed E-state index contributed by atoms with van der Waals surface area (Å²) in [6.07, 6.45) is 9.15. The molecule has 1 aromatic carbocycles. The Labute approximate surface area is 216 Å². The molecule has 0 aliphatic heterocycles. The Bertz CT molecular complexity index is 1140. The minimum atomic E-state index is 0. The summed E-state index contributed by atoms with van der Waals surface area (Å²) in [5.74, 6) is 0. The first-order valence-corrected chi connectivity index (χ1v) is 12.5. The zero-order valence-corrected chi connectivity index (χ0v) is 21.7. The van der Waals surface area contributed by atoms with Gasteiger partial charge < -0.3 is 5.32 Å². The van der Waals surface area contributed by atoms with E-state index >= 15 is 0 Å². The molecular weight excluding hydrogens is 506 g/mol. The van der Waals surface area contributed by atoms with Crippen molar-refractivity contribution in [2.45, 2.75) is 51.5 Å². The van der Waals surface area contributed by atoms with E-state index in [2.05, 4.69) is 62.0 Å². The summed E-state index contributed by atoms with van der Waals surface area (Å²) in [6, 6.07) is 19.6. The van der Waals surface area contributed by atoms with E-state index in [1.165, 1.54) is 28.8 Å². The number of pyridine rings is 2. The maximum atomic E-state index is 4.79. The van der Waals surface area contributed by atoms with Gasteiger partial charge in [-0.15, -0.1) is 28.3 Å². The van der Waals surface area contributed by atoms with Gasteiger partial charge in [0.25, 0.3) is 0 Å². The van der Waals surface area contributed by atoms with E-state index < -0.39 is 0 Å². The molecule has 1 aliphatic rings. The van der Waals surface area contributed by atoms with Gasteiger partial charge in [0, 0.05) is 43.6 Å². The highest BCUT2D eigenvalue weighted by atomic mass is 79.9. The van der Waals surface area contributed by atoms with Crippen LogP contribution in [0.15, 0.2) is 78.6 Å². The van der Waals surface area contributed by atoms with Crippen molar-refractivity contribution in [3.05, 3.63) is 112 Å². The molecule has 0 radical (unpaired) electrons. The van der Waals surface area contributed by atoms with Gasteiger partial charge in [-0.05, 0) is 54.2 Å². The third-order valence-corrected chi connectivity index (χ3v) is 6.96. The first-order valence-electron chi connectivity index (χ1n) is 11.6. The molecule has 5 nitrogen and oxygen atoms in total. The van der Waals surface area contributed by atoms with Crippen LogP contribution in [0.1, 0.15) is 52.0 Å². The lowest BCUT2D eigenvalue weighted by atomic mass is 9.90. The SMILES string of the molecule is Br.c1ccc(CNCc2ccc(CN(Cc3nccs3)C3CCCc4cccnc43)cc2)nc1. The molecule has 1 N–H and O–H groups in total. The number of aromatic nitrogens is 3. The second-order valence-corrected chi connectivity index (χ2v) is 9.51. The molecule has 0 saturated heterocycles. The predicted octanol–water partition coefficient (Wildman–Crippen LogP) is 5.88. The highest BCUT2D eigenvalue weighted by Gasteiger charge is 2.27. The van der Waals surface area contributed by atoms with Gasteiger partial charge in [0.05, 0.1) is 24.0 Å². The zero-order valence-electron chi connectivity index (χ0n) is 19.1. The van der Waals surface area contributed by atoms with Crippen LogP contribution in [0, 0.1) is 0 Å². The van der Waals surface area contributed by atoms with Crippen molar-refractivity contribution >= 4 is 28.3 Å². The first kappa shape index (κ1) is 24.7. The fourth-order valence-corrected chi connectivity index (χ4v) is 5.20. The van der Waals surface area contributed by atoms with E-state index in [1.807, 2.05) is 36.8 Å². The molecule has 1 unspecified atom stereocenters. The normalized spacial score (nSPS) is 15.0. The Hall–Kier alpha value is -2.45. The highest BCUT2D eigenvalue weighted by molar-refractivity contribution is 8.93. The third-order valence-electron chi connectivity index (χ3n) is 6.20. The lowest BCUT2D eigenvalue weighted by Crippen LogP contribution is -2.31. The lowest BCUT2D eigenvalue weighted by Gasteiger charge is -2.34. The first-order chi connectivity index (χ1) is 16.3. The molecule has 1 aliphatic carbocycles. The topological polar surface area (TPSA) is 53.9 Å². The quantitative estimate of drug-likeness (QED) is 0.290. The van der Waals surface area contributed by atoms with Crippen LogP contribution in [-0.2, 0) is 32.6 Å². The van der Waals surface area contributed by atoms with Crippen LogP contribution in [0.3, 0.4) is 0 Å². The number of thiazole rings is 1. The van der Waals surface area contributed by atoms with E-state index in [9.17, 15) is 0 Å². The van der Waals surface area contributed by atoms with Crippen molar-refractivity contribution in [1.82, 2.24) is 25.2 Å². The number of fused-ring (bicyclic) bond motifs is 1. The average Bonchev–Trinajstić information content (AvgIpc) is 3.38. The standard InChI is InChI=1S/C27H29N5S.BrH/c1-2-13-29-24(7-1)18-28-17-21-9-11-22(12-10-21)19-32(20-26-30-15-16-33-26)25-8-3-5-23-6-4-14-31-27(23)25;/h1-2,4,6-7,9-16,25,28H,3,5,8,17-20H2;1H. The minimum absolute atomic E-state index is 0. The number of hydrogen-bond acceptors (Lipinski definition) is 6. The fraction of sp³-hybridized carbons (Fsp3) is 0.296. The molecule has 176 valence electrons. The number of nitrogens with zero attached hydrogens (tertiary/aromatic N) is 4. The largest absolute Gasteiger partial charge is 0.307 e. The number of halogens is 1. The molecule has 7 heteroatoms. The number of aryl methyl sites for hydroxylation is 1. The second-order valence-electron chi connectivity index (χ2n) is 8.53. The van der Waals surface area contributed by atoms with E-state index in [-0.39, 0.29) is 17.0 Å². The second kappa shape index (κ2) is 12.3. The van der Waals surface area contributed by atoms with Gasteiger partial charge in [0.2, 0.25) is 0 Å². The molecule has 5 rings (SSSR count). The van der Waals surface area contributed by atoms with Crippen LogP contribution >= 0.6 is 28.3 Å². The van der Waals surface area contributed by atoms with Gasteiger partial charge in [-0.25, -0.2) is 4.98 Å². The van der Waals surface area contributed by atoms with E-state index in [0.717, 1.165) is 49.7 Å². The number of hydrogen-bond donors (Lipinski definition) is 1. The van der Waals surface area contributed by atoms with Crippen LogP contribution in [0.5, 0.6) is 0 Å². The van der Waals surface area contributed by atoms with Gasteiger partial charge in [-0.2, -0.15) is 0 Å². The fourth-order valence-electron chi connectivity index (χ4n) is 4.56. The monoisotopic (exact) mass is 535 g/mol. The number of benzene rings is 1. The summed E-state index contributed by atoms with van der Waals surface area (Å²) < 4.78 is 0. The minimum Gasteiger partial charge on any atom is -0.307 e. The van der Waals surface area contributed by atoms with Crippen molar-refractivity contribution < 1.29 is 0 Å². The van der Waals surface area contributed by atoms with Crippen LogP contribution in [0.2, 0.25) is 0 Å². The maximum absolute atomic E-state index is 4.79. The molecule has 3 aromatic heterocycles. The number of nitrogens with one attached hydrogen (secondary N) is 1. The Morgan fingerprint density at radius 1 is 0.853 bits per heavy atom. The van der Waals surface area contributed by atoms with Crippen molar-refractivity contribution in [2.24, 2.45) is 0 Å². The lowest BCUT2D eigenvalue weighted by molar-refractivity contribution is 0.157. The zero-order chi connectivity index (χ0) is 22.3. The summed E-state index contributed by atoms with van der Waals surface area (Å²) in [7, 11) is 0. The highest BCUT2D eigenvalue weighted by Crippen LogP contribution is 2.35. The molecule has 0 amide bonds. The Balaban J connectivity index is 0.00000274.